The summed E-state index contributed by atoms with van der Waals surface area (Å²) in [6, 6.07) is 7.94. The number of aliphatic hydroxyl groups is 1. The second kappa shape index (κ2) is 8.32. The van der Waals surface area contributed by atoms with Crippen LogP contribution in [-0.4, -0.2) is 92.4 Å². The lowest BCUT2D eigenvalue weighted by atomic mass is 9.95. The molecule has 0 spiro atoms. The molecule has 1 aromatic rings. The van der Waals surface area contributed by atoms with Crippen LogP contribution in [0.5, 0.6) is 0 Å². The van der Waals surface area contributed by atoms with Crippen molar-refractivity contribution in [3.63, 3.8) is 0 Å². The smallest absolute Gasteiger partial charge is 0.319 e. The molecule has 2 bridgehead atoms. The number of hydrogen-bond donors (Lipinski definition) is 3. The summed E-state index contributed by atoms with van der Waals surface area (Å²) in [7, 11) is 5.94. The van der Waals surface area contributed by atoms with Gasteiger partial charge in [0.15, 0.2) is 6.29 Å². The molecule has 2 heterocycles. The average molecular weight is 364 g/mol. The average Bonchev–Trinajstić information content (AvgIpc) is 3.03. The highest BCUT2D eigenvalue weighted by molar-refractivity contribution is 5.89. The van der Waals surface area contributed by atoms with Gasteiger partial charge in [-0.05, 0) is 33.3 Å². The summed E-state index contributed by atoms with van der Waals surface area (Å²) >= 11 is 0. The van der Waals surface area contributed by atoms with Crippen molar-refractivity contribution in [3.8, 4) is 0 Å². The highest BCUT2D eigenvalue weighted by Gasteiger charge is 2.51. The van der Waals surface area contributed by atoms with E-state index < -0.39 is 18.4 Å². The van der Waals surface area contributed by atoms with E-state index in [1.807, 2.05) is 44.2 Å². The fourth-order valence-electron chi connectivity index (χ4n) is 3.39. The summed E-state index contributed by atoms with van der Waals surface area (Å²) in [5, 5.41) is 16.5. The largest absolute Gasteiger partial charge is 0.389 e. The number of hydrogen-bond acceptors (Lipinski definition) is 6. The number of anilines is 1. The van der Waals surface area contributed by atoms with Crippen molar-refractivity contribution in [2.75, 3.05) is 46.2 Å². The van der Waals surface area contributed by atoms with Gasteiger partial charge in [-0.2, -0.15) is 0 Å². The predicted molar refractivity (Wildman–Crippen MR) is 98.0 cm³/mol. The zero-order chi connectivity index (χ0) is 18.7. The molecule has 2 fully saturated rings. The van der Waals surface area contributed by atoms with Crippen LogP contribution in [0.3, 0.4) is 0 Å². The third-order valence-corrected chi connectivity index (χ3v) is 4.87. The fraction of sp³-hybridized carbons (Fsp3) is 0.611. The number of fused-ring (bicyclic) bond motifs is 2. The van der Waals surface area contributed by atoms with Gasteiger partial charge in [0, 0.05) is 18.8 Å². The molecule has 3 N–H and O–H groups in total. The Morgan fingerprint density at radius 3 is 2.65 bits per heavy atom. The van der Waals surface area contributed by atoms with Crippen LogP contribution >= 0.6 is 0 Å². The molecule has 2 amide bonds. The van der Waals surface area contributed by atoms with E-state index in [0.717, 1.165) is 13.1 Å². The van der Waals surface area contributed by atoms with Crippen molar-refractivity contribution in [1.29, 1.82) is 0 Å². The number of urea groups is 1. The second-order valence-electron chi connectivity index (χ2n) is 7.13. The summed E-state index contributed by atoms with van der Waals surface area (Å²) in [6.07, 6.45) is -1.61. The monoisotopic (exact) mass is 364 g/mol. The van der Waals surface area contributed by atoms with Crippen LogP contribution in [0.1, 0.15) is 0 Å². The van der Waals surface area contributed by atoms with Crippen molar-refractivity contribution in [3.05, 3.63) is 30.3 Å². The maximum absolute atomic E-state index is 12.3. The van der Waals surface area contributed by atoms with Gasteiger partial charge >= 0.3 is 6.03 Å². The molecule has 0 aromatic heterocycles. The van der Waals surface area contributed by atoms with Crippen LogP contribution in [-0.2, 0) is 9.47 Å². The van der Waals surface area contributed by atoms with Crippen LogP contribution in [0.15, 0.2) is 30.3 Å². The molecule has 3 rings (SSSR count). The Balaban J connectivity index is 1.64. The van der Waals surface area contributed by atoms with Gasteiger partial charge in [-0.15, -0.1) is 0 Å². The van der Waals surface area contributed by atoms with Crippen LogP contribution in [0.2, 0.25) is 0 Å². The predicted octanol–water partition coefficient (Wildman–Crippen LogP) is 0.155. The molecular weight excluding hydrogens is 336 g/mol. The highest BCUT2D eigenvalue weighted by Crippen LogP contribution is 2.30. The minimum atomic E-state index is -0.782. The number of nitrogens with one attached hydrogen (secondary N) is 2. The standard InChI is InChI=1S/C18H28N4O4/c1-21(2)9-10-22(3)15-16(23)14(13-11-25-17(15)26-13)20-18(24)19-12-7-5-4-6-8-12/h4-8,13-17,23H,9-11H2,1-3H3,(H2,19,20,24)/t13-,14-,15-,16+,17-/m1/s1. The SMILES string of the molecule is CN(C)CCN(C)[C@H]1[C@@H]2OC[C@@H](O2)[C@@H](NC(=O)Nc2ccccc2)[C@@H]1O. The first kappa shape index (κ1) is 19.1. The molecule has 144 valence electrons. The van der Waals surface area contributed by atoms with Gasteiger partial charge in [0.2, 0.25) is 0 Å². The fourth-order valence-corrected chi connectivity index (χ4v) is 3.39. The molecule has 8 heteroatoms. The van der Waals surface area contributed by atoms with E-state index in [2.05, 4.69) is 15.5 Å². The summed E-state index contributed by atoms with van der Waals surface area (Å²) in [5.74, 6) is 0. The molecule has 0 saturated carbocycles. The Bertz CT molecular complexity index is 600. The lowest BCUT2D eigenvalue weighted by Crippen LogP contribution is -2.65. The van der Waals surface area contributed by atoms with E-state index in [4.69, 9.17) is 9.47 Å². The summed E-state index contributed by atoms with van der Waals surface area (Å²) < 4.78 is 11.6. The number of carbonyl (C=O) groups is 1. The van der Waals surface area contributed by atoms with Gasteiger partial charge < -0.3 is 30.1 Å². The van der Waals surface area contributed by atoms with Gasteiger partial charge in [0.1, 0.15) is 6.10 Å². The highest BCUT2D eigenvalue weighted by atomic mass is 16.7. The summed E-state index contributed by atoms with van der Waals surface area (Å²) in [6.45, 7) is 1.96. The van der Waals surface area contributed by atoms with Gasteiger partial charge in [0.05, 0.1) is 24.8 Å². The molecule has 26 heavy (non-hydrogen) atoms. The first-order chi connectivity index (χ1) is 12.5. The van der Waals surface area contributed by atoms with Crippen LogP contribution in [0.25, 0.3) is 0 Å². The number of carbonyl (C=O) groups excluding carboxylic acids is 1. The van der Waals surface area contributed by atoms with Crippen LogP contribution in [0, 0.1) is 0 Å². The van der Waals surface area contributed by atoms with Gasteiger partial charge in [-0.25, -0.2) is 4.79 Å². The van der Waals surface area contributed by atoms with Crippen LogP contribution in [0.4, 0.5) is 10.5 Å². The number of ether oxygens (including phenoxy) is 2. The number of benzene rings is 1. The zero-order valence-electron chi connectivity index (χ0n) is 15.5. The Morgan fingerprint density at radius 2 is 1.96 bits per heavy atom. The molecule has 2 aliphatic rings. The van der Waals surface area contributed by atoms with E-state index in [9.17, 15) is 9.90 Å². The van der Waals surface area contributed by atoms with Crippen molar-refractivity contribution in [1.82, 2.24) is 15.1 Å². The normalized spacial score (nSPS) is 30.6. The van der Waals surface area contributed by atoms with Gasteiger partial charge in [-0.1, -0.05) is 18.2 Å². The topological polar surface area (TPSA) is 86.3 Å². The molecule has 0 unspecified atom stereocenters. The van der Waals surface area contributed by atoms with E-state index >= 15 is 0 Å². The number of likely N-dealkylation sites (N-methyl/N-ethyl adjacent to an activating group) is 2. The van der Waals surface area contributed by atoms with E-state index in [1.54, 1.807) is 12.1 Å². The third-order valence-electron chi connectivity index (χ3n) is 4.87. The van der Waals surface area contributed by atoms with Crippen molar-refractivity contribution >= 4 is 11.7 Å². The van der Waals surface area contributed by atoms with Crippen molar-refractivity contribution in [2.24, 2.45) is 0 Å². The number of aliphatic hydroxyl groups excluding tert-OH is 1. The first-order valence-electron chi connectivity index (χ1n) is 8.88. The molecule has 8 nitrogen and oxygen atoms in total. The molecule has 0 aliphatic carbocycles. The van der Waals surface area contributed by atoms with E-state index in [0.29, 0.717) is 12.3 Å². The second-order valence-corrected chi connectivity index (χ2v) is 7.13. The summed E-state index contributed by atoms with van der Waals surface area (Å²) in [5.41, 5.74) is 0.691. The molecule has 5 atom stereocenters. The maximum Gasteiger partial charge on any atom is 0.319 e. The first-order valence-corrected chi connectivity index (χ1v) is 8.88. The Hall–Kier alpha value is -1.71. The Morgan fingerprint density at radius 1 is 1.23 bits per heavy atom. The van der Waals surface area contributed by atoms with E-state index in [1.165, 1.54) is 0 Å². The maximum atomic E-state index is 12.3. The van der Waals surface area contributed by atoms with Crippen LogP contribution < -0.4 is 10.6 Å². The Labute approximate surface area is 154 Å². The van der Waals surface area contributed by atoms with Crippen molar-refractivity contribution < 1.29 is 19.4 Å². The molecular formula is C18H28N4O4. The minimum Gasteiger partial charge on any atom is -0.389 e. The molecule has 2 saturated heterocycles. The Kier molecular flexibility index (Phi) is 6.10. The number of para-hydroxylation sites is 1. The van der Waals surface area contributed by atoms with E-state index in [-0.39, 0.29) is 18.2 Å². The quantitative estimate of drug-likeness (QED) is 0.667. The lowest BCUT2D eigenvalue weighted by Gasteiger charge is -2.42. The number of nitrogens with zero attached hydrogens (tertiary/aromatic N) is 2. The number of amides is 2. The van der Waals surface area contributed by atoms with Gasteiger partial charge in [-0.3, -0.25) is 4.90 Å². The zero-order valence-corrected chi connectivity index (χ0v) is 15.5. The minimum absolute atomic E-state index is 0.337. The molecule has 0 radical (unpaired) electrons. The lowest BCUT2D eigenvalue weighted by molar-refractivity contribution is -0.177. The van der Waals surface area contributed by atoms with Crippen molar-refractivity contribution in [2.45, 2.75) is 30.6 Å². The molecule has 2 aliphatic heterocycles. The van der Waals surface area contributed by atoms with Gasteiger partial charge in [0.25, 0.3) is 0 Å². The molecule has 1 aromatic carbocycles. The number of rotatable bonds is 6. The third kappa shape index (κ3) is 4.33. The summed E-state index contributed by atoms with van der Waals surface area (Å²) in [4.78, 5) is 16.4.